The Morgan fingerprint density at radius 1 is 0.383 bits per heavy atom. The first-order valence-electron chi connectivity index (χ1n) is 31.9. The molecule has 9 aromatic rings. The summed E-state index contributed by atoms with van der Waals surface area (Å²) in [5.74, 6) is -0.137. The van der Waals surface area contributed by atoms with Gasteiger partial charge in [0.25, 0.3) is 0 Å². The molecule has 3 atom stereocenters. The number of carbonyl (C=O) groups is 5. The van der Waals surface area contributed by atoms with Gasteiger partial charge in [-0.05, 0) is 110 Å². The van der Waals surface area contributed by atoms with Gasteiger partial charge in [0.05, 0.1) is 44.6 Å². The lowest BCUT2D eigenvalue weighted by Gasteiger charge is -2.18. The van der Waals surface area contributed by atoms with Gasteiger partial charge in [-0.3, -0.25) is 4.79 Å². The number of aliphatic hydroxyl groups is 1. The molecule has 3 unspecified atom stereocenters. The van der Waals surface area contributed by atoms with Crippen LogP contribution in [0.25, 0.3) is 33.4 Å². The maximum Gasteiger partial charge on any atom is 0.407 e. The monoisotopic (exact) mass is 1260 g/mol. The Hall–Kier alpha value is -10.0. The summed E-state index contributed by atoms with van der Waals surface area (Å²) < 4.78 is 33.5. The highest BCUT2D eigenvalue weighted by molar-refractivity contribution is 5.86. The molecular weight excluding hydrogens is 1180 g/mol. The first-order valence-corrected chi connectivity index (χ1v) is 31.9. The number of Topliss-reactive ketones (excluding diaryl/α,β-unsaturated/α-hetero) is 1. The lowest BCUT2D eigenvalue weighted by atomic mass is 9.98. The molecule has 94 heavy (non-hydrogen) atoms. The number of benzene rings is 9. The second kappa shape index (κ2) is 34.6. The van der Waals surface area contributed by atoms with Crippen molar-refractivity contribution in [1.82, 2.24) is 16.0 Å². The minimum atomic E-state index is -0.647. The van der Waals surface area contributed by atoms with Gasteiger partial charge < -0.3 is 54.3 Å². The Balaban J connectivity index is 0.000000154. The first-order chi connectivity index (χ1) is 46.1. The summed E-state index contributed by atoms with van der Waals surface area (Å²) in [6, 6.07) is 77.0. The van der Waals surface area contributed by atoms with Gasteiger partial charge in [0.1, 0.15) is 26.1 Å². The van der Waals surface area contributed by atoms with E-state index in [-0.39, 0.29) is 50.0 Å². The Kier molecular flexibility index (Phi) is 24.6. The average molecular weight is 1260 g/mol. The van der Waals surface area contributed by atoms with Crippen molar-refractivity contribution in [2.24, 2.45) is 0 Å². The normalized spacial score (nSPS) is 13.2. The molecular formula is C79H79N3O12. The second-order valence-corrected chi connectivity index (χ2v) is 23.2. The van der Waals surface area contributed by atoms with Crippen LogP contribution in [0.15, 0.2) is 237 Å². The van der Waals surface area contributed by atoms with Gasteiger partial charge in [0.2, 0.25) is 0 Å². The van der Waals surface area contributed by atoms with Crippen molar-refractivity contribution in [3.05, 3.63) is 287 Å². The largest absolute Gasteiger partial charge is 0.449 e. The number of fused-ring (bicyclic) bond motifs is 9. The molecule has 15 nitrogen and oxygen atoms in total. The molecule has 3 aliphatic carbocycles. The summed E-state index contributed by atoms with van der Waals surface area (Å²) in [5, 5.41) is 17.7. The molecule has 0 aliphatic heterocycles. The zero-order chi connectivity index (χ0) is 65.3. The molecule has 4 N–H and O–H groups in total. The molecule has 0 bridgehead atoms. The number of hydrogen-bond donors (Lipinski definition) is 4. The third-order valence-corrected chi connectivity index (χ3v) is 16.9. The molecule has 482 valence electrons. The van der Waals surface area contributed by atoms with Crippen LogP contribution < -0.4 is 16.0 Å². The van der Waals surface area contributed by atoms with Crippen LogP contribution >= 0.6 is 0 Å². The van der Waals surface area contributed by atoms with E-state index in [2.05, 4.69) is 88.7 Å². The van der Waals surface area contributed by atoms with Gasteiger partial charge in [-0.15, -0.1) is 0 Å². The number of amides is 3. The SMILES string of the molecule is CC(=O)C(CCOCc1ccccc1)NC(=O)OCC1c2ccccc2-c2ccccc21.O=C(NC(CO)CCOCc1ccccc1)OCC1c2ccccc2-c2ccccc21.O=CC(CCOCc1ccccc1)NC(=O)OCC1c2ccccc2-c2ccccc21. The molecule has 0 radical (unpaired) electrons. The number of hydrogen-bond acceptors (Lipinski definition) is 12. The average Bonchev–Trinajstić information content (AvgIpc) is 1.64. The third-order valence-electron chi connectivity index (χ3n) is 16.9. The van der Waals surface area contributed by atoms with Gasteiger partial charge in [-0.1, -0.05) is 237 Å². The van der Waals surface area contributed by atoms with E-state index < -0.39 is 36.4 Å². The lowest BCUT2D eigenvalue weighted by molar-refractivity contribution is -0.119. The summed E-state index contributed by atoms with van der Waals surface area (Å²) in [6.07, 6.45) is 0.300. The van der Waals surface area contributed by atoms with Gasteiger partial charge in [0, 0.05) is 37.6 Å². The van der Waals surface area contributed by atoms with Gasteiger partial charge in [-0.2, -0.15) is 0 Å². The topological polar surface area (TPSA) is 197 Å². The molecule has 0 heterocycles. The van der Waals surface area contributed by atoms with Crippen molar-refractivity contribution in [1.29, 1.82) is 0 Å². The van der Waals surface area contributed by atoms with Crippen LogP contribution in [0.2, 0.25) is 0 Å². The van der Waals surface area contributed by atoms with E-state index in [1.165, 1.54) is 51.4 Å². The van der Waals surface area contributed by atoms with E-state index >= 15 is 0 Å². The lowest BCUT2D eigenvalue weighted by Crippen LogP contribution is -2.41. The molecule has 0 fully saturated rings. The number of carbonyl (C=O) groups excluding carboxylic acids is 5. The van der Waals surface area contributed by atoms with E-state index in [9.17, 15) is 29.1 Å². The van der Waals surface area contributed by atoms with Gasteiger partial charge in [-0.25, -0.2) is 14.4 Å². The maximum atomic E-state index is 12.5. The molecule has 0 spiro atoms. The molecule has 0 saturated carbocycles. The molecule has 3 aliphatic rings. The summed E-state index contributed by atoms with van der Waals surface area (Å²) in [5.41, 5.74) is 17.2. The van der Waals surface area contributed by atoms with Crippen molar-refractivity contribution in [3.63, 3.8) is 0 Å². The second-order valence-electron chi connectivity index (χ2n) is 23.2. The minimum Gasteiger partial charge on any atom is -0.449 e. The van der Waals surface area contributed by atoms with E-state index in [4.69, 9.17) is 28.4 Å². The summed E-state index contributed by atoms with van der Waals surface area (Å²) in [6.45, 7) is 4.59. The Morgan fingerprint density at radius 3 is 0.989 bits per heavy atom. The highest BCUT2D eigenvalue weighted by atomic mass is 16.6. The Bertz CT molecular complexity index is 3790. The maximum absolute atomic E-state index is 12.5. The van der Waals surface area contributed by atoms with Crippen LogP contribution in [0.1, 0.15) is 94.0 Å². The number of alkyl carbamates (subject to hydrolysis) is 3. The molecule has 0 saturated heterocycles. The van der Waals surface area contributed by atoms with Crippen molar-refractivity contribution in [2.45, 2.75) is 81.9 Å². The molecule has 9 aromatic carbocycles. The Labute approximate surface area is 549 Å². The summed E-state index contributed by atoms with van der Waals surface area (Å²) in [7, 11) is 0. The van der Waals surface area contributed by atoms with Gasteiger partial charge in [0.15, 0.2) is 5.78 Å². The van der Waals surface area contributed by atoms with Gasteiger partial charge >= 0.3 is 18.3 Å². The van der Waals surface area contributed by atoms with Crippen LogP contribution in [0.4, 0.5) is 14.4 Å². The van der Waals surface area contributed by atoms with E-state index in [1.807, 2.05) is 164 Å². The first kappa shape index (κ1) is 66.9. The highest BCUT2D eigenvalue weighted by Gasteiger charge is 2.32. The van der Waals surface area contributed by atoms with Crippen molar-refractivity contribution in [3.8, 4) is 33.4 Å². The van der Waals surface area contributed by atoms with Crippen LogP contribution in [-0.4, -0.2) is 99.8 Å². The number of aldehydes is 1. The molecule has 0 aromatic heterocycles. The van der Waals surface area contributed by atoms with Crippen LogP contribution in [0, 0.1) is 0 Å². The number of aliphatic hydroxyl groups excluding tert-OH is 1. The number of ether oxygens (including phenoxy) is 6. The molecule has 3 amide bonds. The smallest absolute Gasteiger partial charge is 0.407 e. The number of rotatable bonds is 27. The van der Waals surface area contributed by atoms with Crippen molar-refractivity contribution in [2.75, 3.05) is 46.2 Å². The minimum absolute atomic E-state index is 0.0120. The summed E-state index contributed by atoms with van der Waals surface area (Å²) in [4.78, 5) is 60.5. The van der Waals surface area contributed by atoms with E-state index in [1.54, 1.807) is 0 Å². The van der Waals surface area contributed by atoms with E-state index in [0.29, 0.717) is 65.2 Å². The van der Waals surface area contributed by atoms with Crippen molar-refractivity contribution >= 4 is 30.3 Å². The fourth-order valence-corrected chi connectivity index (χ4v) is 12.1. The quantitative estimate of drug-likeness (QED) is 0.0216. The standard InChI is InChI=1S/C27H27NO4.C26H27NO4.C26H25NO4/c1-19(29)26(15-16-31-17-20-9-3-2-4-10-20)28-27(30)32-18-25-23-13-7-5-11-21(23)22-12-6-8-14-24(22)25;2*28-16-20(14-15-30-17-19-8-2-1-3-9-19)27-26(29)31-18-25-23-12-6-4-10-21(23)22-11-5-7-13-24(22)25/h2-14,25-26H,15-18H2,1H3,(H,28,30);1-13,20,25,28H,14-18H2,(H,27,29);1-13,16,20,25H,14-15,17-18H2,(H,27,29). The molecule has 15 heteroatoms. The predicted molar refractivity (Wildman–Crippen MR) is 362 cm³/mol. The predicted octanol–water partition coefficient (Wildman–Crippen LogP) is 14.3. The molecule has 12 rings (SSSR count). The fraction of sp³-hybridized carbons (Fsp3) is 0.253. The van der Waals surface area contributed by atoms with Crippen LogP contribution in [-0.2, 0) is 57.8 Å². The third kappa shape index (κ3) is 18.2. The zero-order valence-electron chi connectivity index (χ0n) is 52.7. The van der Waals surface area contributed by atoms with Crippen LogP contribution in [0.5, 0.6) is 0 Å². The Morgan fingerprint density at radius 2 is 0.670 bits per heavy atom. The number of nitrogens with one attached hydrogen (secondary N) is 3. The van der Waals surface area contributed by atoms with E-state index in [0.717, 1.165) is 38.9 Å². The zero-order valence-corrected chi connectivity index (χ0v) is 52.7. The number of ketones is 1. The summed E-state index contributed by atoms with van der Waals surface area (Å²) >= 11 is 0. The fourth-order valence-electron chi connectivity index (χ4n) is 12.1. The van der Waals surface area contributed by atoms with Crippen molar-refractivity contribution < 1.29 is 57.5 Å². The highest BCUT2D eigenvalue weighted by Crippen LogP contribution is 2.47. The van der Waals surface area contributed by atoms with Crippen LogP contribution in [0.3, 0.4) is 0 Å².